The Morgan fingerprint density at radius 1 is 1.00 bits per heavy atom. The Labute approximate surface area is 186 Å². The lowest BCUT2D eigenvalue weighted by Gasteiger charge is -2.32. The summed E-state index contributed by atoms with van der Waals surface area (Å²) in [5.41, 5.74) is 0.474. The van der Waals surface area contributed by atoms with Gasteiger partial charge in [-0.2, -0.15) is 18.1 Å². The Bertz CT molecular complexity index is 1210. The highest BCUT2D eigenvalue weighted by atomic mass is 32.2. The number of hydrogen-bond acceptors (Lipinski definition) is 7. The van der Waals surface area contributed by atoms with Crippen molar-refractivity contribution in [3.8, 4) is 5.75 Å². The molecule has 1 fully saturated rings. The molecule has 0 atom stereocenters. The highest BCUT2D eigenvalue weighted by Gasteiger charge is 2.30. The van der Waals surface area contributed by atoms with Crippen molar-refractivity contribution in [1.82, 2.24) is 14.4 Å². The smallest absolute Gasteiger partial charge is 0.387 e. The first-order valence-corrected chi connectivity index (χ1v) is 11.2. The molecule has 176 valence electrons. The van der Waals surface area contributed by atoms with Gasteiger partial charge in [0.05, 0.1) is 4.90 Å². The molecule has 33 heavy (non-hydrogen) atoms. The van der Waals surface area contributed by atoms with Crippen molar-refractivity contribution in [1.29, 1.82) is 0 Å². The van der Waals surface area contributed by atoms with Crippen LogP contribution in [-0.4, -0.2) is 55.7 Å². The van der Waals surface area contributed by atoms with E-state index in [0.29, 0.717) is 5.56 Å². The molecular formula is C20H18F4N4O4S. The zero-order valence-electron chi connectivity index (χ0n) is 17.0. The van der Waals surface area contributed by atoms with E-state index in [9.17, 15) is 26.0 Å². The molecule has 0 unspecified atom stereocenters. The minimum absolute atomic E-state index is 0.0378. The predicted molar refractivity (Wildman–Crippen MR) is 108 cm³/mol. The van der Waals surface area contributed by atoms with E-state index < -0.39 is 28.3 Å². The molecule has 13 heteroatoms. The SMILES string of the molecule is O=S(=O)(c1ccc(OC(F)F)cc1)N1CCN(c2nc(Cc3ccc(F)c(F)c3)no2)CC1. The van der Waals surface area contributed by atoms with Crippen LogP contribution in [0.5, 0.6) is 5.75 Å². The molecule has 0 bridgehead atoms. The third-order valence-corrected chi connectivity index (χ3v) is 6.91. The van der Waals surface area contributed by atoms with Crippen molar-refractivity contribution in [2.45, 2.75) is 17.9 Å². The van der Waals surface area contributed by atoms with Gasteiger partial charge in [-0.15, -0.1) is 0 Å². The van der Waals surface area contributed by atoms with Gasteiger partial charge in [-0.1, -0.05) is 11.2 Å². The third kappa shape index (κ3) is 5.25. The number of alkyl halides is 2. The normalized spacial score (nSPS) is 15.2. The third-order valence-electron chi connectivity index (χ3n) is 5.00. The van der Waals surface area contributed by atoms with Crippen LogP contribution >= 0.6 is 0 Å². The fourth-order valence-electron chi connectivity index (χ4n) is 3.34. The minimum Gasteiger partial charge on any atom is -0.435 e. The molecule has 4 rings (SSSR count). The quantitative estimate of drug-likeness (QED) is 0.475. The number of hydrogen-bond donors (Lipinski definition) is 0. The summed E-state index contributed by atoms with van der Waals surface area (Å²) in [5, 5.41) is 3.84. The predicted octanol–water partition coefficient (Wildman–Crippen LogP) is 3.05. The van der Waals surface area contributed by atoms with Gasteiger partial charge in [-0.05, 0) is 42.0 Å². The molecule has 3 aromatic rings. The van der Waals surface area contributed by atoms with Gasteiger partial charge in [-0.3, -0.25) is 0 Å². The molecule has 0 saturated carbocycles. The fraction of sp³-hybridized carbons (Fsp3) is 0.300. The van der Waals surface area contributed by atoms with Crippen LogP contribution in [0.15, 0.2) is 51.9 Å². The Morgan fingerprint density at radius 2 is 1.70 bits per heavy atom. The second-order valence-corrected chi connectivity index (χ2v) is 9.10. The molecule has 0 N–H and O–H groups in total. The number of benzene rings is 2. The molecule has 2 heterocycles. The van der Waals surface area contributed by atoms with E-state index in [4.69, 9.17) is 4.52 Å². The molecule has 8 nitrogen and oxygen atoms in total. The topological polar surface area (TPSA) is 88.8 Å². The van der Waals surface area contributed by atoms with Crippen molar-refractivity contribution < 1.29 is 35.2 Å². The van der Waals surface area contributed by atoms with E-state index in [-0.39, 0.29) is 55.1 Å². The first-order valence-electron chi connectivity index (χ1n) is 9.79. The second-order valence-electron chi connectivity index (χ2n) is 7.16. The average molecular weight is 486 g/mol. The summed E-state index contributed by atoms with van der Waals surface area (Å²) in [5.74, 6) is -1.77. The van der Waals surface area contributed by atoms with Gasteiger partial charge >= 0.3 is 12.6 Å². The van der Waals surface area contributed by atoms with Crippen molar-refractivity contribution in [2.24, 2.45) is 0 Å². The lowest BCUT2D eigenvalue weighted by Crippen LogP contribution is -2.48. The molecular weight excluding hydrogens is 468 g/mol. The standard InChI is InChI=1S/C20H18F4N4O4S/c21-16-6-1-13(11-17(16)22)12-18-25-20(32-26-18)27-7-9-28(10-8-27)33(29,30)15-4-2-14(3-5-15)31-19(23)24/h1-6,11,19H,7-10,12H2. The second kappa shape index (κ2) is 9.35. The average Bonchev–Trinajstić information content (AvgIpc) is 3.25. The van der Waals surface area contributed by atoms with Gasteiger partial charge in [0.1, 0.15) is 5.75 Å². The lowest BCUT2D eigenvalue weighted by atomic mass is 10.1. The zero-order chi connectivity index (χ0) is 23.6. The maximum atomic E-state index is 13.4. The van der Waals surface area contributed by atoms with Crippen molar-refractivity contribution in [3.63, 3.8) is 0 Å². The van der Waals surface area contributed by atoms with E-state index in [0.717, 1.165) is 12.1 Å². The van der Waals surface area contributed by atoms with Crippen LogP contribution in [0.25, 0.3) is 0 Å². The Hall–Kier alpha value is -3.19. The van der Waals surface area contributed by atoms with Crippen LogP contribution in [-0.2, 0) is 16.4 Å². The summed E-state index contributed by atoms with van der Waals surface area (Å²) in [7, 11) is -3.83. The number of nitrogens with zero attached hydrogens (tertiary/aromatic N) is 4. The maximum Gasteiger partial charge on any atom is 0.387 e. The summed E-state index contributed by atoms with van der Waals surface area (Å²) in [6.07, 6.45) is 0.139. The van der Waals surface area contributed by atoms with Crippen molar-refractivity contribution in [2.75, 3.05) is 31.1 Å². The first-order chi connectivity index (χ1) is 15.7. The van der Waals surface area contributed by atoms with E-state index >= 15 is 0 Å². The van der Waals surface area contributed by atoms with E-state index in [1.54, 1.807) is 4.90 Å². The molecule has 0 aliphatic carbocycles. The molecule has 0 radical (unpaired) electrons. The molecule has 1 aromatic heterocycles. The summed E-state index contributed by atoms with van der Waals surface area (Å²) in [6, 6.07) is 8.45. The van der Waals surface area contributed by atoms with Gasteiger partial charge in [0.25, 0.3) is 0 Å². The number of aromatic nitrogens is 2. The van der Waals surface area contributed by atoms with Gasteiger partial charge < -0.3 is 14.2 Å². The number of halogens is 4. The van der Waals surface area contributed by atoms with Crippen LogP contribution in [0.2, 0.25) is 0 Å². The number of piperazine rings is 1. The number of rotatable bonds is 7. The molecule has 0 spiro atoms. The van der Waals surface area contributed by atoms with Crippen LogP contribution in [0.3, 0.4) is 0 Å². The van der Waals surface area contributed by atoms with Crippen LogP contribution in [0.4, 0.5) is 23.6 Å². The molecule has 1 aliphatic heterocycles. The van der Waals surface area contributed by atoms with Crippen LogP contribution in [0, 0.1) is 11.6 Å². The number of sulfonamides is 1. The summed E-state index contributed by atoms with van der Waals surface area (Å²) < 4.78 is 87.4. The first kappa shape index (κ1) is 23.0. The highest BCUT2D eigenvalue weighted by molar-refractivity contribution is 7.89. The molecule has 1 saturated heterocycles. The van der Waals surface area contributed by atoms with Gasteiger partial charge in [0.2, 0.25) is 10.0 Å². The Morgan fingerprint density at radius 3 is 2.33 bits per heavy atom. The highest BCUT2D eigenvalue weighted by Crippen LogP contribution is 2.23. The number of anilines is 1. The van der Waals surface area contributed by atoms with Crippen LogP contribution < -0.4 is 9.64 Å². The van der Waals surface area contributed by atoms with E-state index in [2.05, 4.69) is 14.9 Å². The molecule has 1 aliphatic rings. The Balaban J connectivity index is 1.37. The van der Waals surface area contributed by atoms with E-state index in [1.807, 2.05) is 0 Å². The van der Waals surface area contributed by atoms with Gasteiger partial charge in [0, 0.05) is 32.6 Å². The Kier molecular flexibility index (Phi) is 6.51. The molecule has 2 aromatic carbocycles. The monoisotopic (exact) mass is 486 g/mol. The summed E-state index contributed by atoms with van der Waals surface area (Å²) >= 11 is 0. The van der Waals surface area contributed by atoms with Crippen molar-refractivity contribution >= 4 is 16.0 Å². The number of ether oxygens (including phenoxy) is 1. The molecule has 0 amide bonds. The minimum atomic E-state index is -3.83. The maximum absolute atomic E-state index is 13.4. The van der Waals surface area contributed by atoms with Gasteiger partial charge in [-0.25, -0.2) is 17.2 Å². The van der Waals surface area contributed by atoms with E-state index in [1.165, 1.54) is 34.6 Å². The summed E-state index contributed by atoms with van der Waals surface area (Å²) in [4.78, 5) is 5.93. The largest absolute Gasteiger partial charge is 0.435 e. The van der Waals surface area contributed by atoms with Gasteiger partial charge in [0.15, 0.2) is 17.5 Å². The summed E-state index contributed by atoms with van der Waals surface area (Å²) in [6.45, 7) is -2.17. The zero-order valence-corrected chi connectivity index (χ0v) is 17.8. The van der Waals surface area contributed by atoms with Crippen LogP contribution in [0.1, 0.15) is 11.4 Å². The lowest BCUT2D eigenvalue weighted by molar-refractivity contribution is -0.0498. The fourth-order valence-corrected chi connectivity index (χ4v) is 4.76. The van der Waals surface area contributed by atoms with Crippen molar-refractivity contribution in [3.05, 3.63) is 65.5 Å².